The molecule has 7 heteroatoms. The zero-order valence-electron chi connectivity index (χ0n) is 6.52. The lowest BCUT2D eigenvalue weighted by molar-refractivity contribution is -0.0558. The zero-order valence-corrected chi connectivity index (χ0v) is 8.03. The van der Waals surface area contributed by atoms with Crippen molar-refractivity contribution >= 4 is 34.2 Å². The quantitative estimate of drug-likeness (QED) is 0.692. The molecule has 0 fully saturated rings. The highest BCUT2D eigenvalue weighted by Crippen LogP contribution is 2.23. The molecule has 0 atom stereocenters. The van der Waals surface area contributed by atoms with E-state index in [4.69, 9.17) is 23.2 Å². The molecule has 1 aromatic heterocycles. The minimum absolute atomic E-state index is 0.142. The van der Waals surface area contributed by atoms with Gasteiger partial charge in [-0.25, -0.2) is 9.98 Å². The van der Waals surface area contributed by atoms with Crippen molar-refractivity contribution in [3.8, 4) is 0 Å². The molecule has 0 N–H and O–H groups in total. The molecular formula is C7H3Cl2F3N2. The molecule has 1 rings (SSSR count). The van der Waals surface area contributed by atoms with Crippen molar-refractivity contribution in [3.63, 3.8) is 0 Å². The molecule has 0 unspecified atom stereocenters. The lowest BCUT2D eigenvalue weighted by Gasteiger charge is -2.02. The first-order valence-electron chi connectivity index (χ1n) is 3.32. The standard InChI is InChI=1S/C7H3Cl2F3N2/c8-4-1-2-5(13-3-4)14-6(9)7(10,11)12/h1-3H. The Balaban J connectivity index is 2.93. The fraction of sp³-hybridized carbons (Fsp3) is 0.143. The van der Waals surface area contributed by atoms with Crippen LogP contribution < -0.4 is 0 Å². The smallest absolute Gasteiger partial charge is 0.236 e. The van der Waals surface area contributed by atoms with Gasteiger partial charge in [-0.2, -0.15) is 13.2 Å². The minimum Gasteiger partial charge on any atom is -0.236 e. The van der Waals surface area contributed by atoms with Gasteiger partial charge in [0.2, 0.25) is 5.17 Å². The second-order valence-electron chi connectivity index (χ2n) is 2.23. The average molecular weight is 243 g/mol. The molecule has 0 aliphatic carbocycles. The summed E-state index contributed by atoms with van der Waals surface area (Å²) < 4.78 is 35.7. The van der Waals surface area contributed by atoms with Gasteiger partial charge in [-0.05, 0) is 12.1 Å². The van der Waals surface area contributed by atoms with Gasteiger partial charge in [0.1, 0.15) is 0 Å². The first-order chi connectivity index (χ1) is 6.39. The number of halogens is 5. The van der Waals surface area contributed by atoms with E-state index in [2.05, 4.69) is 9.98 Å². The number of alkyl halides is 3. The monoisotopic (exact) mass is 242 g/mol. The van der Waals surface area contributed by atoms with E-state index >= 15 is 0 Å². The van der Waals surface area contributed by atoms with Gasteiger partial charge in [0.15, 0.2) is 5.82 Å². The van der Waals surface area contributed by atoms with E-state index < -0.39 is 11.3 Å². The minimum atomic E-state index is -4.65. The second-order valence-corrected chi connectivity index (χ2v) is 3.03. The lowest BCUT2D eigenvalue weighted by Crippen LogP contribution is -2.16. The molecule has 0 bridgehead atoms. The Morgan fingerprint density at radius 3 is 2.43 bits per heavy atom. The zero-order chi connectivity index (χ0) is 10.8. The van der Waals surface area contributed by atoms with E-state index in [1.54, 1.807) is 0 Å². The Hall–Kier alpha value is -0.810. The summed E-state index contributed by atoms with van der Waals surface area (Å²) >= 11 is 10.4. The van der Waals surface area contributed by atoms with Crippen LogP contribution in [0.15, 0.2) is 23.3 Å². The number of pyridine rings is 1. The third-order valence-corrected chi connectivity index (χ3v) is 1.68. The second kappa shape index (κ2) is 4.14. The van der Waals surface area contributed by atoms with Gasteiger partial charge >= 0.3 is 6.18 Å². The number of hydrogen-bond donors (Lipinski definition) is 0. The first kappa shape index (κ1) is 11.3. The Kier molecular flexibility index (Phi) is 3.34. The molecule has 1 aromatic rings. The molecular weight excluding hydrogens is 240 g/mol. The molecule has 0 aliphatic heterocycles. The summed E-state index contributed by atoms with van der Waals surface area (Å²) in [5, 5.41) is -1.15. The number of hydrogen-bond acceptors (Lipinski definition) is 2. The summed E-state index contributed by atoms with van der Waals surface area (Å²) in [6.45, 7) is 0. The van der Waals surface area contributed by atoms with E-state index in [-0.39, 0.29) is 5.82 Å². The van der Waals surface area contributed by atoms with Gasteiger partial charge in [-0.15, -0.1) is 0 Å². The van der Waals surface area contributed by atoms with Crippen LogP contribution in [-0.4, -0.2) is 16.3 Å². The maximum absolute atomic E-state index is 11.9. The normalized spacial score (nSPS) is 13.1. The molecule has 0 aliphatic rings. The number of aromatic nitrogens is 1. The van der Waals surface area contributed by atoms with Gasteiger partial charge in [0.05, 0.1) is 5.02 Å². The Labute approximate surface area is 87.4 Å². The van der Waals surface area contributed by atoms with E-state index in [0.717, 1.165) is 0 Å². The maximum atomic E-state index is 11.9. The summed E-state index contributed by atoms with van der Waals surface area (Å²) in [4.78, 5) is 6.59. The van der Waals surface area contributed by atoms with Crippen molar-refractivity contribution in [3.05, 3.63) is 23.4 Å². The third kappa shape index (κ3) is 3.16. The van der Waals surface area contributed by atoms with E-state index in [1.165, 1.54) is 18.3 Å². The van der Waals surface area contributed by atoms with Crippen molar-refractivity contribution in [1.29, 1.82) is 0 Å². The largest absolute Gasteiger partial charge is 0.444 e. The molecule has 0 saturated carbocycles. The van der Waals surface area contributed by atoms with Crippen LogP contribution >= 0.6 is 23.2 Å². The van der Waals surface area contributed by atoms with Crippen molar-refractivity contribution in [2.24, 2.45) is 4.99 Å². The summed E-state index contributed by atoms with van der Waals surface area (Å²) in [7, 11) is 0. The van der Waals surface area contributed by atoms with Crippen LogP contribution in [0.25, 0.3) is 0 Å². The van der Waals surface area contributed by atoms with Crippen LogP contribution in [0.5, 0.6) is 0 Å². The van der Waals surface area contributed by atoms with Gasteiger partial charge in [-0.1, -0.05) is 23.2 Å². The Morgan fingerprint density at radius 1 is 1.36 bits per heavy atom. The SMILES string of the molecule is FC(F)(F)C(Cl)=Nc1ccc(Cl)cn1. The van der Waals surface area contributed by atoms with E-state index in [0.29, 0.717) is 5.02 Å². The fourth-order valence-corrected chi connectivity index (χ4v) is 0.796. The third-order valence-electron chi connectivity index (χ3n) is 1.16. The highest BCUT2D eigenvalue weighted by Gasteiger charge is 2.34. The van der Waals surface area contributed by atoms with Crippen molar-refractivity contribution < 1.29 is 13.2 Å². The molecule has 0 aromatic carbocycles. The van der Waals surface area contributed by atoms with E-state index in [9.17, 15) is 13.2 Å². The number of rotatable bonds is 1. The summed E-state index contributed by atoms with van der Waals surface area (Å²) in [6.07, 6.45) is -3.47. The molecule has 1 heterocycles. The fourth-order valence-electron chi connectivity index (χ4n) is 0.598. The predicted molar refractivity (Wildman–Crippen MR) is 48.3 cm³/mol. The van der Waals surface area contributed by atoms with Crippen LogP contribution in [0.1, 0.15) is 0 Å². The average Bonchev–Trinajstić information content (AvgIpc) is 2.07. The molecule has 0 amide bonds. The summed E-state index contributed by atoms with van der Waals surface area (Å²) in [5.41, 5.74) is 0. The first-order valence-corrected chi connectivity index (χ1v) is 4.08. The Morgan fingerprint density at radius 2 is 2.00 bits per heavy atom. The Bertz CT molecular complexity index is 345. The van der Waals surface area contributed by atoms with Crippen molar-refractivity contribution in [2.45, 2.75) is 6.18 Å². The highest BCUT2D eigenvalue weighted by molar-refractivity contribution is 6.67. The molecule has 0 spiro atoms. The van der Waals surface area contributed by atoms with Crippen LogP contribution in [0, 0.1) is 0 Å². The molecule has 2 nitrogen and oxygen atoms in total. The molecule has 76 valence electrons. The molecule has 0 saturated heterocycles. The van der Waals surface area contributed by atoms with Gasteiger partial charge in [-0.3, -0.25) is 0 Å². The molecule has 14 heavy (non-hydrogen) atoms. The van der Waals surface area contributed by atoms with E-state index in [1.807, 2.05) is 0 Å². The number of aliphatic imine (C=N–C) groups is 1. The van der Waals surface area contributed by atoms with Gasteiger partial charge in [0.25, 0.3) is 0 Å². The summed E-state index contributed by atoms with van der Waals surface area (Å²) in [6, 6.07) is 2.60. The van der Waals surface area contributed by atoms with Crippen LogP contribution in [0.3, 0.4) is 0 Å². The summed E-state index contributed by atoms with van der Waals surface area (Å²) in [5.74, 6) is -0.142. The van der Waals surface area contributed by atoms with Crippen LogP contribution in [-0.2, 0) is 0 Å². The van der Waals surface area contributed by atoms with Crippen LogP contribution in [0.4, 0.5) is 19.0 Å². The lowest BCUT2D eigenvalue weighted by atomic mass is 10.5. The van der Waals surface area contributed by atoms with Crippen molar-refractivity contribution in [1.82, 2.24) is 4.98 Å². The maximum Gasteiger partial charge on any atom is 0.444 e. The predicted octanol–water partition coefficient (Wildman–Crippen LogP) is 3.57. The number of nitrogens with zero attached hydrogens (tertiary/aromatic N) is 2. The van der Waals surface area contributed by atoms with Gasteiger partial charge < -0.3 is 0 Å². The topological polar surface area (TPSA) is 25.2 Å². The van der Waals surface area contributed by atoms with Crippen molar-refractivity contribution in [2.75, 3.05) is 0 Å². The van der Waals surface area contributed by atoms with Crippen LogP contribution in [0.2, 0.25) is 5.02 Å². The highest BCUT2D eigenvalue weighted by atomic mass is 35.5. The molecule has 0 radical (unpaired) electrons. The van der Waals surface area contributed by atoms with Gasteiger partial charge in [0, 0.05) is 6.20 Å².